The van der Waals surface area contributed by atoms with Crippen LogP contribution in [0.3, 0.4) is 0 Å². The van der Waals surface area contributed by atoms with Gasteiger partial charge in [-0.25, -0.2) is 9.80 Å². The molecule has 8 heteroatoms. The summed E-state index contributed by atoms with van der Waals surface area (Å²) >= 11 is 0. The minimum Gasteiger partial charge on any atom is -0.492 e. The fourth-order valence-corrected chi connectivity index (χ4v) is 7.79. The van der Waals surface area contributed by atoms with Crippen LogP contribution in [0.5, 0.6) is 11.5 Å². The first-order valence-corrected chi connectivity index (χ1v) is 14.4. The second kappa shape index (κ2) is 9.69. The summed E-state index contributed by atoms with van der Waals surface area (Å²) in [6.07, 6.45) is 3.81. The SMILES string of the molecule is CCOc1ccccc1N1C(=O)[C@@H]2C3C=CC(c4ccccc4)([C@@H]2C1=O)[C@@H]1C(=O)N(c2ccccc2OCC)C(=O)[C@H]31. The van der Waals surface area contributed by atoms with Gasteiger partial charge in [0.1, 0.15) is 11.5 Å². The monoisotopic (exact) mass is 562 g/mol. The molecule has 0 radical (unpaired) electrons. The Morgan fingerprint density at radius 3 is 1.55 bits per heavy atom. The summed E-state index contributed by atoms with van der Waals surface area (Å²) < 4.78 is 11.6. The molecule has 3 aromatic rings. The Balaban J connectivity index is 1.41. The average molecular weight is 563 g/mol. The summed E-state index contributed by atoms with van der Waals surface area (Å²) in [4.78, 5) is 60.1. The summed E-state index contributed by atoms with van der Waals surface area (Å²) in [5.74, 6) is -4.63. The number of hydrogen-bond acceptors (Lipinski definition) is 6. The maximum Gasteiger partial charge on any atom is 0.239 e. The van der Waals surface area contributed by atoms with Crippen LogP contribution in [0.4, 0.5) is 11.4 Å². The molecule has 3 aliphatic carbocycles. The first-order chi connectivity index (χ1) is 20.5. The first kappa shape index (κ1) is 26.2. The fourth-order valence-electron chi connectivity index (χ4n) is 7.79. The van der Waals surface area contributed by atoms with Gasteiger partial charge < -0.3 is 9.47 Å². The maximum atomic E-state index is 14.5. The molecule has 3 aromatic carbocycles. The molecule has 1 saturated carbocycles. The largest absolute Gasteiger partial charge is 0.492 e. The molecule has 212 valence electrons. The number of ether oxygens (including phenoxy) is 2. The zero-order valence-electron chi connectivity index (χ0n) is 23.3. The van der Waals surface area contributed by atoms with E-state index in [2.05, 4.69) is 0 Å². The predicted molar refractivity (Wildman–Crippen MR) is 155 cm³/mol. The summed E-state index contributed by atoms with van der Waals surface area (Å²) in [5.41, 5.74) is 0.282. The molecule has 0 unspecified atom stereocenters. The van der Waals surface area contributed by atoms with Crippen LogP contribution in [0.2, 0.25) is 0 Å². The molecule has 2 bridgehead atoms. The van der Waals surface area contributed by atoms with Crippen LogP contribution in [-0.4, -0.2) is 36.8 Å². The van der Waals surface area contributed by atoms with E-state index in [9.17, 15) is 19.2 Å². The third kappa shape index (κ3) is 3.35. The molecule has 0 spiro atoms. The van der Waals surface area contributed by atoms with Gasteiger partial charge in [0.05, 0.1) is 48.3 Å². The Morgan fingerprint density at radius 1 is 0.619 bits per heavy atom. The molecule has 4 atom stereocenters. The highest BCUT2D eigenvalue weighted by molar-refractivity contribution is 6.27. The minimum atomic E-state index is -1.20. The topological polar surface area (TPSA) is 93.2 Å². The summed E-state index contributed by atoms with van der Waals surface area (Å²) in [6, 6.07) is 23.3. The van der Waals surface area contributed by atoms with E-state index in [0.717, 1.165) is 5.56 Å². The third-order valence-electron chi connectivity index (χ3n) is 9.24. The van der Waals surface area contributed by atoms with Crippen molar-refractivity contribution in [1.82, 2.24) is 0 Å². The van der Waals surface area contributed by atoms with E-state index in [4.69, 9.17) is 9.47 Å². The van der Waals surface area contributed by atoms with Crippen LogP contribution >= 0.6 is 0 Å². The number of amides is 4. The normalized spacial score (nSPS) is 29.2. The van der Waals surface area contributed by atoms with Crippen LogP contribution in [0, 0.1) is 29.6 Å². The van der Waals surface area contributed by atoms with Crippen molar-refractivity contribution in [3.05, 3.63) is 96.6 Å². The number of rotatable bonds is 7. The number of nitrogens with zero attached hydrogens (tertiary/aromatic N) is 2. The number of para-hydroxylation sites is 4. The molecule has 5 aliphatic rings. The highest BCUT2D eigenvalue weighted by atomic mass is 16.5. The predicted octanol–water partition coefficient (Wildman–Crippen LogP) is 4.53. The highest BCUT2D eigenvalue weighted by Crippen LogP contribution is 2.65. The molecule has 8 nitrogen and oxygen atoms in total. The molecule has 0 aromatic heterocycles. The number of allylic oxidation sites excluding steroid dienone is 2. The summed E-state index contributed by atoms with van der Waals surface area (Å²) in [7, 11) is 0. The van der Waals surface area contributed by atoms with Gasteiger partial charge >= 0.3 is 0 Å². The number of imide groups is 2. The highest BCUT2D eigenvalue weighted by Gasteiger charge is 2.75. The Kier molecular flexibility index (Phi) is 6.04. The Labute approximate surface area is 243 Å². The molecule has 8 rings (SSSR count). The smallest absolute Gasteiger partial charge is 0.239 e. The van der Waals surface area contributed by atoms with Gasteiger partial charge in [0.15, 0.2) is 0 Å². The molecule has 2 saturated heterocycles. The Bertz CT molecular complexity index is 1550. The Hall–Kier alpha value is -4.72. The van der Waals surface area contributed by atoms with E-state index in [0.29, 0.717) is 36.1 Å². The molecule has 4 amide bonds. The minimum absolute atomic E-state index is 0.366. The van der Waals surface area contributed by atoms with Crippen LogP contribution in [0.25, 0.3) is 0 Å². The van der Waals surface area contributed by atoms with Crippen LogP contribution in [0.15, 0.2) is 91.0 Å². The van der Waals surface area contributed by atoms with E-state index in [-0.39, 0.29) is 23.6 Å². The quantitative estimate of drug-likeness (QED) is 0.310. The van der Waals surface area contributed by atoms with Crippen molar-refractivity contribution in [2.75, 3.05) is 23.0 Å². The van der Waals surface area contributed by atoms with Crippen molar-refractivity contribution >= 4 is 35.0 Å². The van der Waals surface area contributed by atoms with Gasteiger partial charge in [0.25, 0.3) is 0 Å². The molecular formula is C34H30N2O6. The zero-order chi connectivity index (χ0) is 29.2. The van der Waals surface area contributed by atoms with Gasteiger partial charge in [-0.05, 0) is 43.7 Å². The van der Waals surface area contributed by atoms with Gasteiger partial charge in [0.2, 0.25) is 23.6 Å². The summed E-state index contributed by atoms with van der Waals surface area (Å²) in [6.45, 7) is 4.41. The molecule has 42 heavy (non-hydrogen) atoms. The second-order valence-corrected chi connectivity index (χ2v) is 11.1. The van der Waals surface area contributed by atoms with Crippen molar-refractivity contribution in [2.45, 2.75) is 19.3 Å². The lowest BCUT2D eigenvalue weighted by atomic mass is 9.45. The van der Waals surface area contributed by atoms with Gasteiger partial charge in [-0.1, -0.05) is 66.7 Å². The van der Waals surface area contributed by atoms with Crippen molar-refractivity contribution in [2.24, 2.45) is 29.6 Å². The number of carbonyl (C=O) groups is 4. The number of anilines is 2. The lowest BCUT2D eigenvalue weighted by molar-refractivity contribution is -0.140. The molecular weight excluding hydrogens is 532 g/mol. The maximum absolute atomic E-state index is 14.5. The Morgan fingerprint density at radius 2 is 1.07 bits per heavy atom. The molecule has 3 fully saturated rings. The number of hydrogen-bond donors (Lipinski definition) is 0. The van der Waals surface area contributed by atoms with E-state index >= 15 is 0 Å². The second-order valence-electron chi connectivity index (χ2n) is 11.1. The third-order valence-corrected chi connectivity index (χ3v) is 9.24. The van der Waals surface area contributed by atoms with Crippen molar-refractivity contribution < 1.29 is 28.7 Å². The van der Waals surface area contributed by atoms with Crippen LogP contribution in [-0.2, 0) is 24.6 Å². The number of carbonyl (C=O) groups excluding carboxylic acids is 4. The van der Waals surface area contributed by atoms with Crippen LogP contribution < -0.4 is 19.3 Å². The number of benzene rings is 3. The van der Waals surface area contributed by atoms with Gasteiger partial charge in [-0.15, -0.1) is 0 Å². The van der Waals surface area contributed by atoms with Gasteiger partial charge in [0, 0.05) is 11.3 Å². The molecule has 0 N–H and O–H groups in total. The standard InChI is InChI=1S/C34H30N2O6/c1-3-41-24-16-10-8-14-22(24)35-30(37)26-21-18-19-34(28(26)32(35)39,20-12-6-5-7-13-20)29-27(21)31(38)36(33(29)40)23-15-9-11-17-25(23)42-4-2/h5-19,21,26-29H,3-4H2,1-2H3/t21?,26-,27-,28+,29+,34?/m1/s1. The van der Waals surface area contributed by atoms with Crippen molar-refractivity contribution in [3.63, 3.8) is 0 Å². The zero-order valence-corrected chi connectivity index (χ0v) is 23.3. The first-order valence-electron chi connectivity index (χ1n) is 14.4. The van der Waals surface area contributed by atoms with E-state index in [1.807, 2.05) is 56.3 Å². The van der Waals surface area contributed by atoms with Gasteiger partial charge in [-0.2, -0.15) is 0 Å². The van der Waals surface area contributed by atoms with E-state index < -0.39 is 35.0 Å². The average Bonchev–Trinajstić information content (AvgIpc) is 3.45. The van der Waals surface area contributed by atoms with E-state index in [1.54, 1.807) is 48.5 Å². The fraction of sp³-hybridized carbons (Fsp3) is 0.294. The lowest BCUT2D eigenvalue weighted by Crippen LogP contribution is -2.60. The van der Waals surface area contributed by atoms with Crippen molar-refractivity contribution in [1.29, 1.82) is 0 Å². The van der Waals surface area contributed by atoms with Crippen LogP contribution in [0.1, 0.15) is 19.4 Å². The summed E-state index contributed by atoms with van der Waals surface area (Å²) in [5, 5.41) is 0. The van der Waals surface area contributed by atoms with Crippen molar-refractivity contribution in [3.8, 4) is 11.5 Å². The van der Waals surface area contributed by atoms with Gasteiger partial charge in [-0.3, -0.25) is 19.2 Å². The molecule has 2 heterocycles. The lowest BCUT2D eigenvalue weighted by Gasteiger charge is -2.53. The molecule has 2 aliphatic heterocycles. The van der Waals surface area contributed by atoms with E-state index in [1.165, 1.54) is 9.80 Å².